The van der Waals surface area contributed by atoms with Crippen molar-refractivity contribution in [3.63, 3.8) is 0 Å². The Kier molecular flexibility index (Phi) is 7.56. The predicted octanol–water partition coefficient (Wildman–Crippen LogP) is 11.9. The minimum atomic E-state index is 0.0608. The summed E-state index contributed by atoms with van der Waals surface area (Å²) in [6.07, 6.45) is 2.37. The molecule has 9 rings (SSSR count). The molecule has 0 radical (unpaired) electrons. The van der Waals surface area contributed by atoms with Crippen molar-refractivity contribution in [3.05, 3.63) is 205 Å². The Morgan fingerprint density at radius 1 is 0.420 bits per heavy atom. The zero-order chi connectivity index (χ0) is 33.3. The summed E-state index contributed by atoms with van der Waals surface area (Å²) < 4.78 is 0. The third kappa shape index (κ3) is 5.55. The first kappa shape index (κ1) is 29.6. The molecular weight excluding hydrogens is 607 g/mol. The molecule has 0 saturated heterocycles. The lowest BCUT2D eigenvalue weighted by Gasteiger charge is -2.29. The van der Waals surface area contributed by atoms with E-state index in [1.165, 1.54) is 38.8 Å². The van der Waals surface area contributed by atoms with Crippen molar-refractivity contribution in [2.24, 2.45) is 0 Å². The van der Waals surface area contributed by atoms with Crippen molar-refractivity contribution in [3.8, 4) is 45.0 Å². The molecule has 1 atom stereocenters. The Morgan fingerprint density at radius 3 is 1.70 bits per heavy atom. The fourth-order valence-electron chi connectivity index (χ4n) is 7.06. The number of rotatable bonds is 6. The molecule has 3 heteroatoms. The first-order chi connectivity index (χ1) is 24.8. The summed E-state index contributed by atoms with van der Waals surface area (Å²) in [5.74, 6) is 0.706. The van der Waals surface area contributed by atoms with Crippen LogP contribution >= 0.6 is 0 Å². The van der Waals surface area contributed by atoms with Crippen LogP contribution in [-0.4, -0.2) is 9.97 Å². The number of hydrogen-bond acceptors (Lipinski definition) is 3. The molecule has 236 valence electrons. The van der Waals surface area contributed by atoms with Crippen molar-refractivity contribution in [1.29, 1.82) is 0 Å². The Morgan fingerprint density at radius 2 is 1.00 bits per heavy atom. The zero-order valence-electron chi connectivity index (χ0n) is 27.4. The second-order valence-corrected chi connectivity index (χ2v) is 12.6. The number of anilines is 1. The van der Waals surface area contributed by atoms with Gasteiger partial charge in [-0.05, 0) is 56.8 Å². The molecule has 0 saturated carbocycles. The standard InChI is InChI=1S/C47H33N3/c1-5-14-32(15-6-1)33-24-26-36(27-25-33)44-31-45(50-47(49-44)37-20-11-4-12-21-37)39-22-13-23-40-38(39)28-29-42-46(40)41(34-16-7-2-8-17-34)30-43(48-42)35-18-9-3-10-19-35/h1-31,43,48H. The summed E-state index contributed by atoms with van der Waals surface area (Å²) >= 11 is 0. The van der Waals surface area contributed by atoms with Gasteiger partial charge in [0.25, 0.3) is 0 Å². The highest BCUT2D eigenvalue weighted by molar-refractivity contribution is 6.08. The summed E-state index contributed by atoms with van der Waals surface area (Å²) in [5.41, 5.74) is 13.2. The van der Waals surface area contributed by atoms with Crippen LogP contribution in [0.1, 0.15) is 22.7 Å². The largest absolute Gasteiger partial charge is 0.374 e. The highest BCUT2D eigenvalue weighted by atomic mass is 14.9. The normalized spacial score (nSPS) is 13.7. The molecule has 0 aliphatic carbocycles. The molecule has 1 aliphatic heterocycles. The Labute approximate surface area is 292 Å². The zero-order valence-corrected chi connectivity index (χ0v) is 27.4. The summed E-state index contributed by atoms with van der Waals surface area (Å²) in [6.45, 7) is 0. The highest BCUT2D eigenvalue weighted by Crippen LogP contribution is 2.44. The smallest absolute Gasteiger partial charge is 0.160 e. The van der Waals surface area contributed by atoms with Crippen LogP contribution in [0.25, 0.3) is 61.4 Å². The van der Waals surface area contributed by atoms with Crippen LogP contribution < -0.4 is 5.32 Å². The monoisotopic (exact) mass is 639 g/mol. The van der Waals surface area contributed by atoms with Gasteiger partial charge in [-0.25, -0.2) is 9.97 Å². The number of nitrogens with zero attached hydrogens (tertiary/aromatic N) is 2. The molecule has 1 aliphatic rings. The van der Waals surface area contributed by atoms with Gasteiger partial charge in [-0.2, -0.15) is 0 Å². The van der Waals surface area contributed by atoms with Crippen LogP contribution in [0.2, 0.25) is 0 Å². The van der Waals surface area contributed by atoms with Gasteiger partial charge in [-0.1, -0.05) is 170 Å². The molecule has 50 heavy (non-hydrogen) atoms. The lowest BCUT2D eigenvalue weighted by molar-refractivity contribution is 0.974. The van der Waals surface area contributed by atoms with Crippen molar-refractivity contribution in [2.45, 2.75) is 6.04 Å². The first-order valence-electron chi connectivity index (χ1n) is 17.0. The van der Waals surface area contributed by atoms with Gasteiger partial charge in [-0.15, -0.1) is 0 Å². The van der Waals surface area contributed by atoms with Crippen LogP contribution in [0.5, 0.6) is 0 Å². The predicted molar refractivity (Wildman–Crippen MR) is 208 cm³/mol. The van der Waals surface area contributed by atoms with Crippen LogP contribution in [0.15, 0.2) is 188 Å². The maximum absolute atomic E-state index is 5.21. The summed E-state index contributed by atoms with van der Waals surface area (Å²) in [4.78, 5) is 10.3. The lowest BCUT2D eigenvalue weighted by Crippen LogP contribution is -2.15. The van der Waals surface area contributed by atoms with Crippen molar-refractivity contribution >= 4 is 22.0 Å². The van der Waals surface area contributed by atoms with Crippen molar-refractivity contribution in [1.82, 2.24) is 9.97 Å². The van der Waals surface area contributed by atoms with Crippen molar-refractivity contribution < 1.29 is 0 Å². The van der Waals surface area contributed by atoms with Gasteiger partial charge in [0.05, 0.1) is 17.4 Å². The lowest BCUT2D eigenvalue weighted by atomic mass is 9.85. The quantitative estimate of drug-likeness (QED) is 0.197. The molecule has 1 N–H and O–H groups in total. The average molecular weight is 640 g/mol. The van der Waals surface area contributed by atoms with E-state index in [-0.39, 0.29) is 6.04 Å². The molecule has 1 aromatic heterocycles. The summed E-state index contributed by atoms with van der Waals surface area (Å²) in [5, 5.41) is 6.17. The van der Waals surface area contributed by atoms with Crippen LogP contribution in [0.4, 0.5) is 5.69 Å². The molecule has 1 unspecified atom stereocenters. The maximum atomic E-state index is 5.21. The number of benzene rings is 7. The van der Waals surface area contributed by atoms with E-state index in [1.807, 2.05) is 24.3 Å². The second kappa shape index (κ2) is 12.8. The van der Waals surface area contributed by atoms with Gasteiger partial charge in [0.2, 0.25) is 0 Å². The van der Waals surface area contributed by atoms with E-state index in [1.54, 1.807) is 0 Å². The van der Waals surface area contributed by atoms with E-state index in [2.05, 4.69) is 169 Å². The van der Waals surface area contributed by atoms with Crippen LogP contribution in [-0.2, 0) is 0 Å². The number of nitrogens with one attached hydrogen (secondary N) is 1. The first-order valence-corrected chi connectivity index (χ1v) is 17.0. The van der Waals surface area contributed by atoms with E-state index in [9.17, 15) is 0 Å². The van der Waals surface area contributed by atoms with E-state index < -0.39 is 0 Å². The van der Waals surface area contributed by atoms with E-state index in [4.69, 9.17) is 9.97 Å². The molecule has 3 nitrogen and oxygen atoms in total. The third-order valence-electron chi connectivity index (χ3n) is 9.54. The maximum Gasteiger partial charge on any atom is 0.160 e. The molecule has 0 amide bonds. The molecule has 0 fully saturated rings. The van der Waals surface area contributed by atoms with Gasteiger partial charge in [0, 0.05) is 27.9 Å². The van der Waals surface area contributed by atoms with Crippen LogP contribution in [0.3, 0.4) is 0 Å². The fraction of sp³-hybridized carbons (Fsp3) is 0.0213. The molecule has 2 heterocycles. The van der Waals surface area contributed by atoms with E-state index in [0.717, 1.165) is 39.2 Å². The number of aromatic nitrogens is 2. The minimum Gasteiger partial charge on any atom is -0.374 e. The van der Waals surface area contributed by atoms with Crippen molar-refractivity contribution in [2.75, 3.05) is 5.32 Å². The molecule has 0 bridgehead atoms. The van der Waals surface area contributed by atoms with Gasteiger partial charge in [0.1, 0.15) is 0 Å². The minimum absolute atomic E-state index is 0.0608. The molecule has 8 aromatic rings. The van der Waals surface area contributed by atoms with Gasteiger partial charge < -0.3 is 5.32 Å². The van der Waals surface area contributed by atoms with Gasteiger partial charge >= 0.3 is 0 Å². The third-order valence-corrected chi connectivity index (χ3v) is 9.54. The Hall–Kier alpha value is -6.58. The van der Waals surface area contributed by atoms with E-state index in [0.29, 0.717) is 5.82 Å². The Bertz CT molecular complexity index is 2470. The van der Waals surface area contributed by atoms with Gasteiger partial charge in [-0.3, -0.25) is 0 Å². The van der Waals surface area contributed by atoms with Crippen LogP contribution in [0, 0.1) is 0 Å². The number of fused-ring (bicyclic) bond motifs is 3. The summed E-state index contributed by atoms with van der Waals surface area (Å²) in [6, 6.07) is 64.0. The molecule has 0 spiro atoms. The SMILES string of the molecule is C1=C(c2ccccc2)c2c(ccc3c(-c4cc(-c5ccc(-c6ccccc6)cc5)nc(-c5ccccc5)n4)cccc23)NC1c1ccccc1. The summed E-state index contributed by atoms with van der Waals surface area (Å²) in [7, 11) is 0. The molecule has 7 aromatic carbocycles. The number of hydrogen-bond donors (Lipinski definition) is 1. The van der Waals surface area contributed by atoms with Gasteiger partial charge in [0.15, 0.2) is 5.82 Å². The molecular formula is C47H33N3. The van der Waals surface area contributed by atoms with E-state index >= 15 is 0 Å². The Balaban J connectivity index is 1.21. The highest BCUT2D eigenvalue weighted by Gasteiger charge is 2.24. The average Bonchev–Trinajstić information content (AvgIpc) is 3.21. The second-order valence-electron chi connectivity index (χ2n) is 12.6. The topological polar surface area (TPSA) is 37.8 Å². The fourth-order valence-corrected chi connectivity index (χ4v) is 7.06.